The van der Waals surface area contributed by atoms with E-state index in [1.54, 1.807) is 6.20 Å². The number of hydrogen-bond donors (Lipinski definition) is 2. The van der Waals surface area contributed by atoms with Crippen molar-refractivity contribution in [3.05, 3.63) is 18.0 Å². The van der Waals surface area contributed by atoms with E-state index in [2.05, 4.69) is 20.7 Å². The number of hydrogen-bond acceptors (Lipinski definition) is 3. The van der Waals surface area contributed by atoms with Crippen LogP contribution in [0.2, 0.25) is 0 Å². The maximum atomic E-state index is 12.1. The van der Waals surface area contributed by atoms with Gasteiger partial charge in [0.2, 0.25) is 5.91 Å². The lowest BCUT2D eigenvalue weighted by Crippen LogP contribution is -2.45. The van der Waals surface area contributed by atoms with Gasteiger partial charge in [0.15, 0.2) is 5.96 Å². The normalized spacial score (nSPS) is 18.6. The Balaban J connectivity index is 1.92. The Hall–Kier alpha value is -2.05. The average Bonchev–Trinajstić information content (AvgIpc) is 3.13. The smallest absolute Gasteiger partial charge is 0.225 e. The molecule has 1 amide bonds. The fourth-order valence-electron chi connectivity index (χ4n) is 2.67. The van der Waals surface area contributed by atoms with E-state index in [1.807, 2.05) is 43.5 Å². The molecule has 1 aromatic heterocycles. The van der Waals surface area contributed by atoms with Gasteiger partial charge in [0.05, 0.1) is 12.2 Å². The molecule has 1 aliphatic heterocycles. The standard InChI is InChI=1S/C16H28N6O/c1-5-17-16(18-10-14-6-8-19-21(14)4)20-13-7-9-22(11-13)15(23)12(2)3/h6,8,12-13H,5,7,9-11H2,1-4H3,(H2,17,18,20). The lowest BCUT2D eigenvalue weighted by molar-refractivity contribution is -0.133. The predicted octanol–water partition coefficient (Wildman–Crippen LogP) is 0.732. The number of guanidine groups is 1. The topological polar surface area (TPSA) is 74.6 Å². The largest absolute Gasteiger partial charge is 0.357 e. The number of carbonyl (C=O) groups excluding carboxylic acids is 1. The molecule has 1 aromatic rings. The van der Waals surface area contributed by atoms with Crippen molar-refractivity contribution in [1.82, 2.24) is 25.3 Å². The summed E-state index contributed by atoms with van der Waals surface area (Å²) in [7, 11) is 1.91. The van der Waals surface area contributed by atoms with Crippen LogP contribution >= 0.6 is 0 Å². The van der Waals surface area contributed by atoms with Crippen LogP contribution in [0.25, 0.3) is 0 Å². The van der Waals surface area contributed by atoms with Gasteiger partial charge in [-0.15, -0.1) is 0 Å². The minimum Gasteiger partial charge on any atom is -0.357 e. The van der Waals surface area contributed by atoms with Crippen LogP contribution in [0.3, 0.4) is 0 Å². The van der Waals surface area contributed by atoms with Gasteiger partial charge in [-0.25, -0.2) is 4.99 Å². The summed E-state index contributed by atoms with van der Waals surface area (Å²) >= 11 is 0. The molecule has 0 radical (unpaired) electrons. The van der Waals surface area contributed by atoms with Gasteiger partial charge in [0, 0.05) is 44.8 Å². The molecule has 1 aliphatic rings. The van der Waals surface area contributed by atoms with Crippen molar-refractivity contribution in [3.8, 4) is 0 Å². The van der Waals surface area contributed by atoms with Gasteiger partial charge in [0.1, 0.15) is 0 Å². The van der Waals surface area contributed by atoms with Crippen molar-refractivity contribution >= 4 is 11.9 Å². The highest BCUT2D eigenvalue weighted by atomic mass is 16.2. The Kier molecular flexibility index (Phi) is 6.01. The highest BCUT2D eigenvalue weighted by molar-refractivity contribution is 5.81. The van der Waals surface area contributed by atoms with Crippen LogP contribution in [-0.4, -0.2) is 52.2 Å². The molecule has 1 saturated heterocycles. The zero-order chi connectivity index (χ0) is 16.8. The molecule has 7 nitrogen and oxygen atoms in total. The van der Waals surface area contributed by atoms with Crippen molar-refractivity contribution in [3.63, 3.8) is 0 Å². The first-order valence-electron chi connectivity index (χ1n) is 8.31. The first-order chi connectivity index (χ1) is 11.0. The first kappa shape index (κ1) is 17.3. The number of amides is 1. The highest BCUT2D eigenvalue weighted by Crippen LogP contribution is 2.12. The first-order valence-corrected chi connectivity index (χ1v) is 8.31. The van der Waals surface area contributed by atoms with E-state index >= 15 is 0 Å². The van der Waals surface area contributed by atoms with Gasteiger partial charge in [0.25, 0.3) is 0 Å². The summed E-state index contributed by atoms with van der Waals surface area (Å²) in [4.78, 5) is 18.6. The Labute approximate surface area is 138 Å². The number of likely N-dealkylation sites (tertiary alicyclic amines) is 1. The minimum absolute atomic E-state index is 0.0560. The van der Waals surface area contributed by atoms with Gasteiger partial charge < -0.3 is 15.5 Å². The van der Waals surface area contributed by atoms with Crippen molar-refractivity contribution in [2.24, 2.45) is 18.0 Å². The predicted molar refractivity (Wildman–Crippen MR) is 91.0 cm³/mol. The van der Waals surface area contributed by atoms with Crippen LogP contribution in [0.4, 0.5) is 0 Å². The summed E-state index contributed by atoms with van der Waals surface area (Å²) in [6.07, 6.45) is 2.73. The highest BCUT2D eigenvalue weighted by Gasteiger charge is 2.27. The molecule has 1 fully saturated rings. The van der Waals surface area contributed by atoms with Crippen LogP contribution in [-0.2, 0) is 18.4 Å². The van der Waals surface area contributed by atoms with Gasteiger partial charge in [-0.2, -0.15) is 5.10 Å². The Morgan fingerprint density at radius 3 is 2.91 bits per heavy atom. The van der Waals surface area contributed by atoms with E-state index in [0.717, 1.165) is 37.7 Å². The summed E-state index contributed by atoms with van der Waals surface area (Å²) in [5.41, 5.74) is 1.06. The molecule has 0 aliphatic carbocycles. The fourth-order valence-corrected chi connectivity index (χ4v) is 2.67. The van der Waals surface area contributed by atoms with Crippen LogP contribution in [0.15, 0.2) is 17.3 Å². The van der Waals surface area contributed by atoms with Crippen LogP contribution < -0.4 is 10.6 Å². The molecule has 1 unspecified atom stereocenters. The monoisotopic (exact) mass is 320 g/mol. The van der Waals surface area contributed by atoms with E-state index in [0.29, 0.717) is 6.54 Å². The number of aliphatic imine (C=N–C) groups is 1. The zero-order valence-corrected chi connectivity index (χ0v) is 14.5. The molecule has 0 saturated carbocycles. The molecule has 1 atom stereocenters. The maximum absolute atomic E-state index is 12.1. The quantitative estimate of drug-likeness (QED) is 0.620. The van der Waals surface area contributed by atoms with Gasteiger partial charge in [-0.1, -0.05) is 13.8 Å². The number of aryl methyl sites for hydroxylation is 1. The van der Waals surface area contributed by atoms with Gasteiger partial charge in [-0.05, 0) is 19.4 Å². The second-order valence-corrected chi connectivity index (χ2v) is 6.21. The molecule has 0 bridgehead atoms. The molecule has 7 heteroatoms. The second kappa shape index (κ2) is 7.99. The van der Waals surface area contributed by atoms with Crippen molar-refractivity contribution in [1.29, 1.82) is 0 Å². The Morgan fingerprint density at radius 2 is 2.30 bits per heavy atom. The molecule has 0 spiro atoms. The summed E-state index contributed by atoms with van der Waals surface area (Å²) < 4.78 is 1.83. The SMILES string of the molecule is CCNC(=NCc1ccnn1C)NC1CCN(C(=O)C(C)C)C1. The molecule has 2 rings (SSSR count). The molecular weight excluding hydrogens is 292 g/mol. The number of carbonyl (C=O) groups is 1. The van der Waals surface area contributed by atoms with Crippen molar-refractivity contribution in [2.45, 2.75) is 39.8 Å². The van der Waals surface area contributed by atoms with E-state index in [-0.39, 0.29) is 17.9 Å². The number of nitrogens with zero attached hydrogens (tertiary/aromatic N) is 4. The Bertz CT molecular complexity index is 551. The molecule has 2 N–H and O–H groups in total. The number of nitrogens with one attached hydrogen (secondary N) is 2. The molecule has 2 heterocycles. The Morgan fingerprint density at radius 1 is 1.52 bits per heavy atom. The molecule has 128 valence electrons. The van der Waals surface area contributed by atoms with E-state index in [9.17, 15) is 4.79 Å². The summed E-state index contributed by atoms with van der Waals surface area (Å²) in [5.74, 6) is 1.07. The molecule has 0 aromatic carbocycles. The lowest BCUT2D eigenvalue weighted by atomic mass is 10.2. The number of rotatable bonds is 5. The summed E-state index contributed by atoms with van der Waals surface area (Å²) in [6.45, 7) is 8.88. The summed E-state index contributed by atoms with van der Waals surface area (Å²) in [6, 6.07) is 2.22. The zero-order valence-electron chi connectivity index (χ0n) is 14.5. The van der Waals surface area contributed by atoms with Crippen molar-refractivity contribution in [2.75, 3.05) is 19.6 Å². The van der Waals surface area contributed by atoms with Gasteiger partial charge in [-0.3, -0.25) is 9.48 Å². The minimum atomic E-state index is 0.0560. The van der Waals surface area contributed by atoms with Gasteiger partial charge >= 0.3 is 0 Å². The second-order valence-electron chi connectivity index (χ2n) is 6.21. The molecule has 23 heavy (non-hydrogen) atoms. The third-order valence-electron chi connectivity index (χ3n) is 4.00. The average molecular weight is 320 g/mol. The molecular formula is C16H28N6O. The lowest BCUT2D eigenvalue weighted by Gasteiger charge is -2.20. The van der Waals surface area contributed by atoms with Crippen LogP contribution in [0.1, 0.15) is 32.9 Å². The van der Waals surface area contributed by atoms with Crippen LogP contribution in [0.5, 0.6) is 0 Å². The van der Waals surface area contributed by atoms with Crippen molar-refractivity contribution < 1.29 is 4.79 Å². The number of aromatic nitrogens is 2. The van der Waals surface area contributed by atoms with Crippen LogP contribution in [0, 0.1) is 5.92 Å². The third-order valence-corrected chi connectivity index (χ3v) is 4.00. The maximum Gasteiger partial charge on any atom is 0.225 e. The third kappa shape index (κ3) is 4.71. The fraction of sp³-hybridized carbons (Fsp3) is 0.688. The van der Waals surface area contributed by atoms with E-state index < -0.39 is 0 Å². The summed E-state index contributed by atoms with van der Waals surface area (Å²) in [5, 5.41) is 10.9. The van der Waals surface area contributed by atoms with E-state index in [4.69, 9.17) is 0 Å². The van der Waals surface area contributed by atoms with E-state index in [1.165, 1.54) is 0 Å².